The molecule has 0 unspecified atom stereocenters. The Hall–Kier alpha value is -1.27. The summed E-state index contributed by atoms with van der Waals surface area (Å²) < 4.78 is 27.7. The van der Waals surface area contributed by atoms with E-state index in [9.17, 15) is 13.6 Å². The van der Waals surface area contributed by atoms with Gasteiger partial charge in [-0.1, -0.05) is 15.9 Å². The molecule has 6 heteroatoms. The standard InChI is InChI=1S/C13H7Br2F2NO/c14-7-1-3-9(11(17)5-7)13(19)18-12-6-8(16)2-4-10(12)15/h1-6H,(H,18,19). The number of carbonyl (C=O) groups is 1. The molecule has 0 spiro atoms. The fourth-order valence-corrected chi connectivity index (χ4v) is 2.14. The van der Waals surface area contributed by atoms with Gasteiger partial charge in [-0.3, -0.25) is 4.79 Å². The quantitative estimate of drug-likeness (QED) is 0.788. The fraction of sp³-hybridized carbons (Fsp3) is 0. The second-order valence-corrected chi connectivity index (χ2v) is 5.47. The van der Waals surface area contributed by atoms with Gasteiger partial charge >= 0.3 is 0 Å². The second kappa shape index (κ2) is 5.79. The summed E-state index contributed by atoms with van der Waals surface area (Å²) in [6, 6.07) is 7.96. The van der Waals surface area contributed by atoms with Crippen molar-refractivity contribution in [2.24, 2.45) is 0 Å². The van der Waals surface area contributed by atoms with Crippen molar-refractivity contribution in [1.82, 2.24) is 0 Å². The summed E-state index contributed by atoms with van der Waals surface area (Å²) >= 11 is 6.28. The van der Waals surface area contributed by atoms with Gasteiger partial charge < -0.3 is 5.32 Å². The van der Waals surface area contributed by atoms with E-state index in [1.165, 1.54) is 24.3 Å². The zero-order valence-electron chi connectivity index (χ0n) is 9.38. The molecule has 1 amide bonds. The zero-order chi connectivity index (χ0) is 14.0. The van der Waals surface area contributed by atoms with Crippen LogP contribution in [0.2, 0.25) is 0 Å². The van der Waals surface area contributed by atoms with Gasteiger partial charge in [0.1, 0.15) is 11.6 Å². The Morgan fingerprint density at radius 3 is 2.47 bits per heavy atom. The highest BCUT2D eigenvalue weighted by atomic mass is 79.9. The number of carbonyl (C=O) groups excluding carboxylic acids is 1. The van der Waals surface area contributed by atoms with E-state index < -0.39 is 17.5 Å². The van der Waals surface area contributed by atoms with Crippen LogP contribution in [0.25, 0.3) is 0 Å². The van der Waals surface area contributed by atoms with Gasteiger partial charge in [0.05, 0.1) is 11.3 Å². The van der Waals surface area contributed by atoms with Crippen molar-refractivity contribution in [2.45, 2.75) is 0 Å². The van der Waals surface area contributed by atoms with Crippen LogP contribution >= 0.6 is 31.9 Å². The lowest BCUT2D eigenvalue weighted by Gasteiger charge is -2.08. The Morgan fingerprint density at radius 2 is 1.79 bits per heavy atom. The summed E-state index contributed by atoms with van der Waals surface area (Å²) in [4.78, 5) is 11.9. The van der Waals surface area contributed by atoms with Crippen LogP contribution in [-0.2, 0) is 0 Å². The average molecular weight is 391 g/mol. The number of benzene rings is 2. The van der Waals surface area contributed by atoms with Crippen LogP contribution in [0, 0.1) is 11.6 Å². The minimum absolute atomic E-state index is 0.112. The van der Waals surface area contributed by atoms with Gasteiger partial charge in [0.15, 0.2) is 0 Å². The van der Waals surface area contributed by atoms with E-state index in [0.717, 1.165) is 6.07 Å². The van der Waals surface area contributed by atoms with Crippen LogP contribution in [0.4, 0.5) is 14.5 Å². The molecular weight excluding hydrogens is 384 g/mol. The molecule has 2 aromatic rings. The number of hydrogen-bond donors (Lipinski definition) is 1. The third-order valence-electron chi connectivity index (χ3n) is 2.35. The monoisotopic (exact) mass is 389 g/mol. The van der Waals surface area contributed by atoms with Crippen LogP contribution < -0.4 is 5.32 Å². The van der Waals surface area contributed by atoms with Crippen LogP contribution in [0.3, 0.4) is 0 Å². The molecule has 2 aromatic carbocycles. The molecule has 0 radical (unpaired) electrons. The van der Waals surface area contributed by atoms with E-state index >= 15 is 0 Å². The lowest BCUT2D eigenvalue weighted by Crippen LogP contribution is -2.14. The molecular formula is C13H7Br2F2NO. The number of hydrogen-bond acceptors (Lipinski definition) is 1. The first-order valence-electron chi connectivity index (χ1n) is 5.19. The average Bonchev–Trinajstić information content (AvgIpc) is 2.33. The number of nitrogens with one attached hydrogen (secondary N) is 1. The fourth-order valence-electron chi connectivity index (χ4n) is 1.46. The van der Waals surface area contributed by atoms with Gasteiger partial charge in [-0.25, -0.2) is 8.78 Å². The van der Waals surface area contributed by atoms with Gasteiger partial charge in [0, 0.05) is 8.95 Å². The van der Waals surface area contributed by atoms with E-state index in [2.05, 4.69) is 37.2 Å². The van der Waals surface area contributed by atoms with E-state index in [1.54, 1.807) is 6.07 Å². The summed E-state index contributed by atoms with van der Waals surface area (Å²) in [6.07, 6.45) is 0. The summed E-state index contributed by atoms with van der Waals surface area (Å²) in [7, 11) is 0. The van der Waals surface area contributed by atoms with Gasteiger partial charge in [0.25, 0.3) is 5.91 Å². The molecule has 2 rings (SSSR count). The van der Waals surface area contributed by atoms with E-state index in [0.29, 0.717) is 8.95 Å². The maximum Gasteiger partial charge on any atom is 0.258 e. The molecule has 1 N–H and O–H groups in total. The van der Waals surface area contributed by atoms with Gasteiger partial charge in [-0.15, -0.1) is 0 Å². The molecule has 0 saturated heterocycles. The van der Waals surface area contributed by atoms with Crippen molar-refractivity contribution in [2.75, 3.05) is 5.32 Å². The largest absolute Gasteiger partial charge is 0.321 e. The van der Waals surface area contributed by atoms with E-state index in [1.807, 2.05) is 0 Å². The molecule has 0 heterocycles. The highest BCUT2D eigenvalue weighted by molar-refractivity contribution is 9.10. The van der Waals surface area contributed by atoms with Crippen molar-refractivity contribution in [3.63, 3.8) is 0 Å². The molecule has 2 nitrogen and oxygen atoms in total. The number of anilines is 1. The normalized spacial score (nSPS) is 10.3. The second-order valence-electron chi connectivity index (χ2n) is 3.70. The van der Waals surface area contributed by atoms with Crippen LogP contribution in [-0.4, -0.2) is 5.91 Å². The maximum atomic E-state index is 13.6. The van der Waals surface area contributed by atoms with Crippen molar-refractivity contribution < 1.29 is 13.6 Å². The third kappa shape index (κ3) is 3.39. The Bertz CT molecular complexity index is 647. The Balaban J connectivity index is 2.28. The molecule has 98 valence electrons. The molecule has 0 aliphatic rings. The molecule has 0 fully saturated rings. The molecule has 19 heavy (non-hydrogen) atoms. The topological polar surface area (TPSA) is 29.1 Å². The molecule has 0 atom stereocenters. The first-order valence-corrected chi connectivity index (χ1v) is 6.77. The maximum absolute atomic E-state index is 13.6. The van der Waals surface area contributed by atoms with Crippen LogP contribution in [0.1, 0.15) is 10.4 Å². The highest BCUT2D eigenvalue weighted by Gasteiger charge is 2.13. The van der Waals surface area contributed by atoms with Crippen LogP contribution in [0.15, 0.2) is 45.3 Å². The van der Waals surface area contributed by atoms with Crippen molar-refractivity contribution >= 4 is 43.5 Å². The molecule has 0 aliphatic carbocycles. The Morgan fingerprint density at radius 1 is 1.05 bits per heavy atom. The Kier molecular flexibility index (Phi) is 4.31. The van der Waals surface area contributed by atoms with Crippen molar-refractivity contribution in [1.29, 1.82) is 0 Å². The summed E-state index contributed by atoms with van der Waals surface area (Å²) in [6.45, 7) is 0. The third-order valence-corrected chi connectivity index (χ3v) is 3.54. The lowest BCUT2D eigenvalue weighted by molar-refractivity contribution is 0.102. The smallest absolute Gasteiger partial charge is 0.258 e. The van der Waals surface area contributed by atoms with Gasteiger partial charge in [-0.05, 0) is 52.3 Å². The summed E-state index contributed by atoms with van der Waals surface area (Å²) in [5.74, 6) is -1.79. The highest BCUT2D eigenvalue weighted by Crippen LogP contribution is 2.24. The first kappa shape index (κ1) is 14.1. The number of halogens is 4. The summed E-state index contributed by atoms with van der Waals surface area (Å²) in [5, 5.41) is 2.45. The number of rotatable bonds is 2. The van der Waals surface area contributed by atoms with Gasteiger partial charge in [0.2, 0.25) is 0 Å². The number of amides is 1. The predicted octanol–water partition coefficient (Wildman–Crippen LogP) is 4.74. The minimum Gasteiger partial charge on any atom is -0.321 e. The minimum atomic E-state index is -0.653. The van der Waals surface area contributed by atoms with Crippen molar-refractivity contribution in [3.05, 3.63) is 62.5 Å². The molecule has 0 aliphatic heterocycles. The molecule has 0 saturated carbocycles. The Labute approximate surface area is 125 Å². The van der Waals surface area contributed by atoms with Gasteiger partial charge in [-0.2, -0.15) is 0 Å². The van der Waals surface area contributed by atoms with Crippen molar-refractivity contribution in [3.8, 4) is 0 Å². The van der Waals surface area contributed by atoms with E-state index in [4.69, 9.17) is 0 Å². The van der Waals surface area contributed by atoms with Crippen LogP contribution in [0.5, 0.6) is 0 Å². The van der Waals surface area contributed by atoms with E-state index in [-0.39, 0.29) is 11.3 Å². The lowest BCUT2D eigenvalue weighted by atomic mass is 10.2. The molecule has 0 aromatic heterocycles. The predicted molar refractivity (Wildman–Crippen MR) is 76.2 cm³/mol. The summed E-state index contributed by atoms with van der Waals surface area (Å²) in [5.41, 5.74) is 0.131. The molecule has 0 bridgehead atoms. The SMILES string of the molecule is O=C(Nc1cc(F)ccc1Br)c1ccc(Br)cc1F. The first-order chi connectivity index (χ1) is 8.97. The zero-order valence-corrected chi connectivity index (χ0v) is 12.6.